The van der Waals surface area contributed by atoms with Gasteiger partial charge in [0.25, 0.3) is 0 Å². The summed E-state index contributed by atoms with van der Waals surface area (Å²) in [7, 11) is 0. The highest BCUT2D eigenvalue weighted by Crippen LogP contribution is 2.20. The summed E-state index contributed by atoms with van der Waals surface area (Å²) in [4.78, 5) is 13.5. The number of carbonyl (C=O) groups is 1. The minimum atomic E-state index is -0.492. The lowest BCUT2D eigenvalue weighted by Gasteiger charge is -2.41. The van der Waals surface area contributed by atoms with E-state index < -0.39 is 11.6 Å². The Morgan fingerprint density at radius 2 is 2.00 bits per heavy atom. The van der Waals surface area contributed by atoms with E-state index in [0.717, 1.165) is 5.56 Å². The molecule has 1 aromatic carbocycles. The molecule has 1 amide bonds. The highest BCUT2D eigenvalue weighted by atomic mass is 35.5. The first-order chi connectivity index (χ1) is 10.3. The van der Waals surface area contributed by atoms with Gasteiger partial charge < -0.3 is 9.64 Å². The molecule has 1 aliphatic heterocycles. The minimum Gasteiger partial charge on any atom is -0.444 e. The normalized spacial score (nSPS) is 16.6. The highest BCUT2D eigenvalue weighted by Gasteiger charge is 2.34. The standard InChI is InChI=1S/C16H20ClN3O2/c1-16(2,3)22-15(21)20-9-13(10-20)19-14(8-18)11-4-6-12(17)7-5-11/h4-7,13-14,19H,9-10H2,1-3H3. The summed E-state index contributed by atoms with van der Waals surface area (Å²) < 4.78 is 5.30. The van der Waals surface area contributed by atoms with Crippen LogP contribution in [0.2, 0.25) is 5.02 Å². The summed E-state index contributed by atoms with van der Waals surface area (Å²) in [5.74, 6) is 0. The predicted molar refractivity (Wildman–Crippen MR) is 84.5 cm³/mol. The molecule has 0 aliphatic carbocycles. The first-order valence-electron chi connectivity index (χ1n) is 7.17. The fourth-order valence-corrected chi connectivity index (χ4v) is 2.28. The minimum absolute atomic E-state index is 0.0906. The lowest BCUT2D eigenvalue weighted by molar-refractivity contribution is 0.00475. The number of benzene rings is 1. The fourth-order valence-electron chi connectivity index (χ4n) is 2.16. The van der Waals surface area contributed by atoms with Gasteiger partial charge in [-0.3, -0.25) is 5.32 Å². The number of carbonyl (C=O) groups excluding carboxylic acids is 1. The third-order valence-electron chi connectivity index (χ3n) is 3.27. The zero-order chi connectivity index (χ0) is 16.3. The smallest absolute Gasteiger partial charge is 0.410 e. The van der Waals surface area contributed by atoms with Gasteiger partial charge in [-0.2, -0.15) is 5.26 Å². The first kappa shape index (κ1) is 16.6. The Balaban J connectivity index is 1.85. The van der Waals surface area contributed by atoms with E-state index in [2.05, 4.69) is 11.4 Å². The van der Waals surface area contributed by atoms with Gasteiger partial charge in [0.05, 0.1) is 6.07 Å². The number of nitriles is 1. The molecule has 0 aromatic heterocycles. The van der Waals surface area contributed by atoms with Crippen molar-refractivity contribution in [1.82, 2.24) is 10.2 Å². The maximum absolute atomic E-state index is 11.8. The maximum Gasteiger partial charge on any atom is 0.410 e. The van der Waals surface area contributed by atoms with E-state index in [1.807, 2.05) is 32.9 Å². The van der Waals surface area contributed by atoms with Gasteiger partial charge in [-0.05, 0) is 38.5 Å². The number of rotatable bonds is 3. The summed E-state index contributed by atoms with van der Waals surface area (Å²) in [6.45, 7) is 6.60. The van der Waals surface area contributed by atoms with Crippen molar-refractivity contribution in [3.05, 3.63) is 34.9 Å². The first-order valence-corrected chi connectivity index (χ1v) is 7.55. The van der Waals surface area contributed by atoms with Crippen molar-refractivity contribution in [3.8, 4) is 6.07 Å². The Bertz CT molecular complexity index is 569. The molecule has 2 rings (SSSR count). The Morgan fingerprint density at radius 1 is 1.41 bits per heavy atom. The van der Waals surface area contributed by atoms with Crippen molar-refractivity contribution in [1.29, 1.82) is 5.26 Å². The van der Waals surface area contributed by atoms with Crippen LogP contribution in [0.4, 0.5) is 4.79 Å². The van der Waals surface area contributed by atoms with Crippen LogP contribution in [0.15, 0.2) is 24.3 Å². The van der Waals surface area contributed by atoms with E-state index in [0.29, 0.717) is 18.1 Å². The molecule has 22 heavy (non-hydrogen) atoms. The number of hydrogen-bond donors (Lipinski definition) is 1. The number of halogens is 1. The van der Waals surface area contributed by atoms with Gasteiger partial charge in [0.2, 0.25) is 0 Å². The zero-order valence-corrected chi connectivity index (χ0v) is 13.7. The molecule has 1 heterocycles. The SMILES string of the molecule is CC(C)(C)OC(=O)N1CC(NC(C#N)c2ccc(Cl)cc2)C1. The second-order valence-corrected chi connectivity index (χ2v) is 6.80. The molecular formula is C16H20ClN3O2. The lowest BCUT2D eigenvalue weighted by atomic mass is 10.0. The van der Waals surface area contributed by atoms with Crippen LogP contribution in [0.25, 0.3) is 0 Å². The third kappa shape index (κ3) is 4.36. The summed E-state index contributed by atoms with van der Waals surface area (Å²) in [5.41, 5.74) is 0.372. The third-order valence-corrected chi connectivity index (χ3v) is 3.52. The number of amides is 1. The van der Waals surface area contributed by atoms with Gasteiger partial charge in [-0.25, -0.2) is 4.79 Å². The number of nitrogens with one attached hydrogen (secondary N) is 1. The Morgan fingerprint density at radius 3 is 2.50 bits per heavy atom. The molecule has 0 saturated carbocycles. The van der Waals surface area contributed by atoms with E-state index >= 15 is 0 Å². The van der Waals surface area contributed by atoms with Crippen LogP contribution in [-0.4, -0.2) is 35.7 Å². The number of nitrogens with zero attached hydrogens (tertiary/aromatic N) is 2. The van der Waals surface area contributed by atoms with Crippen LogP contribution in [0.1, 0.15) is 32.4 Å². The molecule has 0 bridgehead atoms. The second kappa shape index (κ2) is 6.55. The molecule has 0 radical (unpaired) electrons. The predicted octanol–water partition coefficient (Wildman–Crippen LogP) is 3.11. The van der Waals surface area contributed by atoms with Crippen LogP contribution < -0.4 is 5.32 Å². The second-order valence-electron chi connectivity index (χ2n) is 6.36. The summed E-state index contributed by atoms with van der Waals surface area (Å²) in [5, 5.41) is 13.2. The average molecular weight is 322 g/mol. The summed E-state index contributed by atoms with van der Waals surface area (Å²) in [6.07, 6.45) is -0.314. The van der Waals surface area contributed by atoms with Crippen LogP contribution in [0.5, 0.6) is 0 Å². The number of likely N-dealkylation sites (tertiary alicyclic amines) is 1. The van der Waals surface area contributed by atoms with Crippen LogP contribution in [0.3, 0.4) is 0 Å². The van der Waals surface area contributed by atoms with E-state index in [1.54, 1.807) is 17.0 Å². The summed E-state index contributed by atoms with van der Waals surface area (Å²) in [6, 6.07) is 9.08. The van der Waals surface area contributed by atoms with Crippen molar-refractivity contribution >= 4 is 17.7 Å². The van der Waals surface area contributed by atoms with Crippen LogP contribution in [-0.2, 0) is 4.74 Å². The molecule has 1 unspecified atom stereocenters. The van der Waals surface area contributed by atoms with Gasteiger partial charge in [0.15, 0.2) is 0 Å². The Hall–Kier alpha value is -1.77. The number of hydrogen-bond acceptors (Lipinski definition) is 4. The highest BCUT2D eigenvalue weighted by molar-refractivity contribution is 6.30. The molecule has 1 saturated heterocycles. The zero-order valence-electron chi connectivity index (χ0n) is 13.0. The molecule has 1 aromatic rings. The topological polar surface area (TPSA) is 65.4 Å². The van der Waals surface area contributed by atoms with Crippen LogP contribution >= 0.6 is 11.6 Å². The summed E-state index contributed by atoms with van der Waals surface area (Å²) >= 11 is 5.85. The molecular weight excluding hydrogens is 302 g/mol. The van der Waals surface area contributed by atoms with Gasteiger partial charge in [-0.1, -0.05) is 23.7 Å². The molecule has 118 valence electrons. The molecule has 6 heteroatoms. The molecule has 1 aliphatic rings. The van der Waals surface area contributed by atoms with Crippen molar-refractivity contribution in [2.24, 2.45) is 0 Å². The van der Waals surface area contributed by atoms with Crippen LogP contribution in [0, 0.1) is 11.3 Å². The molecule has 5 nitrogen and oxygen atoms in total. The van der Waals surface area contributed by atoms with Gasteiger partial charge in [0.1, 0.15) is 11.6 Å². The Labute approximate surface area is 135 Å². The number of ether oxygens (including phenoxy) is 1. The van der Waals surface area contributed by atoms with E-state index in [1.165, 1.54) is 0 Å². The fraction of sp³-hybridized carbons (Fsp3) is 0.500. The average Bonchev–Trinajstić information content (AvgIpc) is 2.37. The van der Waals surface area contributed by atoms with E-state index in [9.17, 15) is 10.1 Å². The molecule has 1 fully saturated rings. The van der Waals surface area contributed by atoms with Gasteiger partial charge >= 0.3 is 6.09 Å². The Kier molecular flexibility index (Phi) is 4.94. The molecule has 1 N–H and O–H groups in total. The monoisotopic (exact) mass is 321 g/mol. The quantitative estimate of drug-likeness (QED) is 0.929. The molecule has 1 atom stereocenters. The van der Waals surface area contributed by atoms with Crippen molar-refractivity contribution in [3.63, 3.8) is 0 Å². The van der Waals surface area contributed by atoms with Crippen molar-refractivity contribution < 1.29 is 9.53 Å². The lowest BCUT2D eigenvalue weighted by Crippen LogP contribution is -2.60. The van der Waals surface area contributed by atoms with Gasteiger partial charge in [-0.15, -0.1) is 0 Å². The van der Waals surface area contributed by atoms with Gasteiger partial charge in [0, 0.05) is 24.2 Å². The van der Waals surface area contributed by atoms with Crippen molar-refractivity contribution in [2.45, 2.75) is 38.5 Å². The van der Waals surface area contributed by atoms with E-state index in [-0.39, 0.29) is 12.1 Å². The maximum atomic E-state index is 11.8. The van der Waals surface area contributed by atoms with Crippen molar-refractivity contribution in [2.75, 3.05) is 13.1 Å². The van der Waals surface area contributed by atoms with E-state index in [4.69, 9.17) is 16.3 Å². The molecule has 0 spiro atoms. The largest absolute Gasteiger partial charge is 0.444 e.